The van der Waals surface area contributed by atoms with Crippen LogP contribution in [0.5, 0.6) is 0 Å². The maximum Gasteiger partial charge on any atom is 0.416 e. The number of hydrogen-bond donors (Lipinski definition) is 0. The number of benzene rings is 7. The van der Waals surface area contributed by atoms with Crippen molar-refractivity contribution in [2.24, 2.45) is 0 Å². The van der Waals surface area contributed by atoms with Crippen molar-refractivity contribution in [3.05, 3.63) is 168 Å². The fourth-order valence-electron chi connectivity index (χ4n) is 9.06. The maximum atomic E-state index is 14.7. The van der Waals surface area contributed by atoms with Crippen molar-refractivity contribution in [3.63, 3.8) is 0 Å². The first-order chi connectivity index (χ1) is 29.0. The zero-order valence-corrected chi connectivity index (χ0v) is 33.7. The van der Waals surface area contributed by atoms with Gasteiger partial charge in [-0.25, -0.2) is 0 Å². The third-order valence-electron chi connectivity index (χ3n) is 11.6. The predicted octanol–water partition coefficient (Wildman–Crippen LogP) is 17.0. The molecule has 0 atom stereocenters. The molecule has 2 nitrogen and oxygen atoms in total. The highest BCUT2D eigenvalue weighted by molar-refractivity contribution is 8.00. The molecule has 7 aromatic rings. The molecule has 1 saturated carbocycles. The van der Waals surface area contributed by atoms with Crippen LogP contribution < -0.4 is 9.80 Å². The monoisotopic (exact) mass is 842 g/mol. The van der Waals surface area contributed by atoms with Gasteiger partial charge in [0.2, 0.25) is 0 Å². The number of para-hydroxylation sites is 4. The number of nitrogens with zero attached hydrogens (tertiary/aromatic N) is 2. The van der Waals surface area contributed by atoms with Crippen molar-refractivity contribution < 1.29 is 26.3 Å². The molecule has 2 heterocycles. The Hall–Kier alpha value is -5.58. The fraction of sp³-hybridized carbons (Fsp3) is 0.160. The Balaban J connectivity index is 1.42. The maximum absolute atomic E-state index is 14.7. The minimum Gasteiger partial charge on any atom is -0.308 e. The van der Waals surface area contributed by atoms with Crippen LogP contribution in [0.3, 0.4) is 0 Å². The summed E-state index contributed by atoms with van der Waals surface area (Å²) in [5, 5.41) is 0. The Bertz CT molecular complexity index is 2500. The first-order valence-corrected chi connectivity index (χ1v) is 21.6. The van der Waals surface area contributed by atoms with Gasteiger partial charge < -0.3 is 9.80 Å². The van der Waals surface area contributed by atoms with Gasteiger partial charge >= 0.3 is 12.4 Å². The molecule has 300 valence electrons. The minimum atomic E-state index is -4.63. The van der Waals surface area contributed by atoms with E-state index in [1.807, 2.05) is 103 Å². The largest absolute Gasteiger partial charge is 0.416 e. The molecule has 7 aromatic carbocycles. The van der Waals surface area contributed by atoms with E-state index in [9.17, 15) is 26.3 Å². The van der Waals surface area contributed by atoms with Crippen LogP contribution >= 0.6 is 23.5 Å². The van der Waals surface area contributed by atoms with Crippen molar-refractivity contribution >= 4 is 57.6 Å². The van der Waals surface area contributed by atoms with Crippen LogP contribution in [0, 0.1) is 0 Å². The van der Waals surface area contributed by atoms with Crippen LogP contribution in [-0.4, -0.2) is 0 Å². The highest BCUT2D eigenvalue weighted by Crippen LogP contribution is 2.61. The molecule has 10 heteroatoms. The molecular weight excluding hydrogens is 807 g/mol. The van der Waals surface area contributed by atoms with Gasteiger partial charge in [0.05, 0.1) is 45.3 Å². The topological polar surface area (TPSA) is 6.48 Å². The van der Waals surface area contributed by atoms with E-state index in [1.54, 1.807) is 35.7 Å². The molecule has 10 rings (SSSR count). The minimum absolute atomic E-state index is 0.180. The van der Waals surface area contributed by atoms with E-state index in [0.717, 1.165) is 92.1 Å². The lowest BCUT2D eigenvalue weighted by molar-refractivity contribution is -0.138. The third-order valence-corrected chi connectivity index (χ3v) is 13.9. The van der Waals surface area contributed by atoms with E-state index in [1.165, 1.54) is 24.3 Å². The standard InChI is InChI=1S/C50H36F6N2S2/c51-49(52,53)34-18-12-16-32(28-34)46-40(57-36-20-4-8-24-42(36)59-43-25-9-5-21-37(43)57)30-41(58-38-22-6-10-26-44(38)60-45-27-11-7-23-39(45)58)47(48(46)31-14-2-1-3-15-31)33-17-13-19-35(29-33)50(54,55)56/h4-13,16-31H,1-3,14-15H2. The zero-order chi connectivity index (χ0) is 41.2. The first-order valence-electron chi connectivity index (χ1n) is 19.9. The summed E-state index contributed by atoms with van der Waals surface area (Å²) in [6.45, 7) is 0. The van der Waals surface area contributed by atoms with E-state index in [4.69, 9.17) is 0 Å². The highest BCUT2D eigenvalue weighted by Gasteiger charge is 2.38. The second-order valence-electron chi connectivity index (χ2n) is 15.3. The second-order valence-corrected chi connectivity index (χ2v) is 17.5. The molecule has 0 bridgehead atoms. The smallest absolute Gasteiger partial charge is 0.308 e. The Morgan fingerprint density at radius 1 is 0.400 bits per heavy atom. The van der Waals surface area contributed by atoms with Gasteiger partial charge in [0, 0.05) is 30.7 Å². The fourth-order valence-corrected chi connectivity index (χ4v) is 11.2. The summed E-state index contributed by atoms with van der Waals surface area (Å²) >= 11 is 3.26. The molecule has 0 radical (unpaired) electrons. The molecule has 0 spiro atoms. The summed E-state index contributed by atoms with van der Waals surface area (Å²) in [7, 11) is 0. The van der Waals surface area contributed by atoms with E-state index < -0.39 is 23.5 Å². The van der Waals surface area contributed by atoms with E-state index in [-0.39, 0.29) is 5.92 Å². The second kappa shape index (κ2) is 15.2. The van der Waals surface area contributed by atoms with E-state index in [0.29, 0.717) is 33.6 Å². The number of anilines is 6. The lowest BCUT2D eigenvalue weighted by Gasteiger charge is -2.40. The van der Waals surface area contributed by atoms with Crippen LogP contribution in [-0.2, 0) is 12.4 Å². The zero-order valence-electron chi connectivity index (χ0n) is 32.0. The summed E-state index contributed by atoms with van der Waals surface area (Å²) in [4.78, 5) is 8.19. The number of fused-ring (bicyclic) bond motifs is 4. The van der Waals surface area contributed by atoms with Gasteiger partial charge in [-0.15, -0.1) is 0 Å². The summed E-state index contributed by atoms with van der Waals surface area (Å²) in [5.74, 6) is -0.180. The summed E-state index contributed by atoms with van der Waals surface area (Å²) in [6.07, 6.45) is -5.05. The van der Waals surface area contributed by atoms with Crippen LogP contribution in [0.1, 0.15) is 54.7 Å². The average Bonchev–Trinajstić information content (AvgIpc) is 3.26. The predicted molar refractivity (Wildman–Crippen MR) is 231 cm³/mol. The lowest BCUT2D eigenvalue weighted by Crippen LogP contribution is -2.21. The van der Waals surface area contributed by atoms with Crippen molar-refractivity contribution in [2.45, 2.75) is 70.0 Å². The lowest BCUT2D eigenvalue weighted by atomic mass is 9.75. The quantitative estimate of drug-likeness (QED) is 0.159. The van der Waals surface area contributed by atoms with Gasteiger partial charge in [0.1, 0.15) is 0 Å². The van der Waals surface area contributed by atoms with Crippen molar-refractivity contribution in [2.75, 3.05) is 9.80 Å². The summed E-state index contributed by atoms with van der Waals surface area (Å²) < 4.78 is 88.5. The Labute approximate surface area is 352 Å². The number of halogens is 6. The molecule has 3 aliphatic rings. The van der Waals surface area contributed by atoms with E-state index >= 15 is 0 Å². The highest BCUT2D eigenvalue weighted by atomic mass is 32.2. The molecule has 1 fully saturated rings. The van der Waals surface area contributed by atoms with Crippen LogP contribution in [0.25, 0.3) is 22.3 Å². The Kier molecular flexibility index (Phi) is 9.75. The van der Waals surface area contributed by atoms with Gasteiger partial charge in [-0.05, 0) is 114 Å². The molecule has 0 unspecified atom stereocenters. The Morgan fingerprint density at radius 3 is 1.13 bits per heavy atom. The molecule has 0 amide bonds. The number of alkyl halides is 6. The van der Waals surface area contributed by atoms with Gasteiger partial charge in [-0.1, -0.05) is 116 Å². The molecule has 1 aliphatic carbocycles. The average molecular weight is 843 g/mol. The first kappa shape index (κ1) is 38.6. The van der Waals surface area contributed by atoms with E-state index in [2.05, 4.69) is 9.80 Å². The van der Waals surface area contributed by atoms with Crippen molar-refractivity contribution in [1.82, 2.24) is 0 Å². The molecule has 60 heavy (non-hydrogen) atoms. The van der Waals surface area contributed by atoms with Gasteiger partial charge in [-0.2, -0.15) is 26.3 Å². The number of hydrogen-bond acceptors (Lipinski definition) is 4. The summed E-state index contributed by atoms with van der Waals surface area (Å²) in [6, 6.07) is 44.9. The third kappa shape index (κ3) is 6.83. The van der Waals surface area contributed by atoms with Crippen LogP contribution in [0.2, 0.25) is 0 Å². The summed E-state index contributed by atoms with van der Waals surface area (Å²) in [5.41, 5.74) is 5.74. The molecule has 0 N–H and O–H groups in total. The van der Waals surface area contributed by atoms with Gasteiger partial charge in [0.25, 0.3) is 0 Å². The van der Waals surface area contributed by atoms with Crippen LogP contribution in [0.4, 0.5) is 60.5 Å². The Morgan fingerprint density at radius 2 is 0.767 bits per heavy atom. The molecule has 0 aromatic heterocycles. The molecular formula is C50H36F6N2S2. The van der Waals surface area contributed by atoms with Crippen molar-refractivity contribution in [3.8, 4) is 22.3 Å². The number of rotatable bonds is 5. The molecule has 2 aliphatic heterocycles. The normalized spacial score (nSPS) is 15.2. The SMILES string of the molecule is FC(F)(F)c1cccc(-c2c(N3c4ccccc4Sc4ccccc43)cc(N3c4ccccc4Sc4ccccc43)c(-c3cccc(C(F)(F)F)c3)c2C2CCCCC2)c1. The van der Waals surface area contributed by atoms with Gasteiger partial charge in [0.15, 0.2) is 0 Å². The van der Waals surface area contributed by atoms with Crippen LogP contribution in [0.15, 0.2) is 171 Å². The van der Waals surface area contributed by atoms with Crippen molar-refractivity contribution in [1.29, 1.82) is 0 Å². The molecule has 0 saturated heterocycles. The van der Waals surface area contributed by atoms with Gasteiger partial charge in [-0.3, -0.25) is 0 Å².